The lowest BCUT2D eigenvalue weighted by Crippen LogP contribution is -2.42. The van der Waals surface area contributed by atoms with E-state index >= 15 is 0 Å². The van der Waals surface area contributed by atoms with Crippen molar-refractivity contribution in [2.75, 3.05) is 38.6 Å². The fraction of sp³-hybridized carbons (Fsp3) is 0.571. The molecule has 0 radical (unpaired) electrons. The minimum atomic E-state index is 0.215. The van der Waals surface area contributed by atoms with Gasteiger partial charge in [0, 0.05) is 19.6 Å². The molecule has 1 fully saturated rings. The quantitative estimate of drug-likeness (QED) is 0.794. The predicted octanol–water partition coefficient (Wildman–Crippen LogP) is 1.58. The van der Waals surface area contributed by atoms with Crippen LogP contribution in [0.5, 0.6) is 0 Å². The molecule has 3 nitrogen and oxygen atoms in total. The van der Waals surface area contributed by atoms with E-state index in [-0.39, 0.29) is 5.37 Å². The van der Waals surface area contributed by atoms with E-state index in [1.165, 1.54) is 5.56 Å². The Morgan fingerprint density at radius 3 is 2.67 bits per heavy atom. The molecule has 0 saturated carbocycles. The van der Waals surface area contributed by atoms with Crippen LogP contribution in [-0.4, -0.2) is 48.9 Å². The van der Waals surface area contributed by atoms with E-state index in [0.717, 1.165) is 45.0 Å². The Labute approximate surface area is 114 Å². The van der Waals surface area contributed by atoms with E-state index in [1.807, 2.05) is 11.8 Å². The number of thioether (sulfide) groups is 1. The smallest absolute Gasteiger partial charge is 0.0636 e. The van der Waals surface area contributed by atoms with Crippen molar-refractivity contribution in [3.05, 3.63) is 35.9 Å². The number of nitrogens with two attached hydrogens (primary N) is 1. The maximum Gasteiger partial charge on any atom is 0.0636 e. The molecular weight excluding hydrogens is 244 g/mol. The lowest BCUT2D eigenvalue weighted by molar-refractivity contribution is 0.0383. The second kappa shape index (κ2) is 7.79. The number of rotatable bonds is 6. The highest BCUT2D eigenvalue weighted by Crippen LogP contribution is 2.11. The summed E-state index contributed by atoms with van der Waals surface area (Å²) < 4.78 is 5.33. The SMILES string of the molecule is N[C@@H](CN1CCOCC1)SCCc1ccccc1. The zero-order valence-electron chi connectivity index (χ0n) is 10.8. The number of hydrogen-bond donors (Lipinski definition) is 1. The van der Waals surface area contributed by atoms with Crippen LogP contribution in [0, 0.1) is 0 Å². The molecule has 2 rings (SSSR count). The molecule has 0 spiro atoms. The van der Waals surface area contributed by atoms with Crippen LogP contribution in [-0.2, 0) is 11.2 Å². The van der Waals surface area contributed by atoms with Gasteiger partial charge in [0.15, 0.2) is 0 Å². The molecule has 1 aliphatic rings. The molecule has 0 amide bonds. The first kappa shape index (κ1) is 13.9. The van der Waals surface area contributed by atoms with Crippen LogP contribution in [0.25, 0.3) is 0 Å². The molecular formula is C14H22N2OS. The Hall–Kier alpha value is -0.550. The van der Waals surface area contributed by atoms with E-state index in [0.29, 0.717) is 0 Å². The molecule has 1 aliphatic heterocycles. The number of nitrogens with zero attached hydrogens (tertiary/aromatic N) is 1. The second-order valence-corrected chi connectivity index (χ2v) is 5.90. The molecule has 0 aliphatic carbocycles. The van der Waals surface area contributed by atoms with Gasteiger partial charge in [0.2, 0.25) is 0 Å². The van der Waals surface area contributed by atoms with Crippen LogP contribution in [0.2, 0.25) is 0 Å². The van der Waals surface area contributed by atoms with Crippen LogP contribution in [0.3, 0.4) is 0 Å². The maximum absolute atomic E-state index is 6.15. The van der Waals surface area contributed by atoms with Gasteiger partial charge in [-0.3, -0.25) is 4.90 Å². The third-order valence-electron chi connectivity index (χ3n) is 3.11. The third kappa shape index (κ3) is 4.98. The Morgan fingerprint density at radius 2 is 1.94 bits per heavy atom. The molecule has 100 valence electrons. The van der Waals surface area contributed by atoms with Crippen molar-refractivity contribution in [3.63, 3.8) is 0 Å². The van der Waals surface area contributed by atoms with E-state index < -0.39 is 0 Å². The maximum atomic E-state index is 6.15. The fourth-order valence-corrected chi connectivity index (χ4v) is 3.04. The number of ether oxygens (including phenoxy) is 1. The number of morpholine rings is 1. The first-order chi connectivity index (χ1) is 8.84. The zero-order valence-corrected chi connectivity index (χ0v) is 11.6. The van der Waals surface area contributed by atoms with E-state index in [2.05, 4.69) is 35.2 Å². The van der Waals surface area contributed by atoms with Crippen molar-refractivity contribution in [1.82, 2.24) is 4.90 Å². The van der Waals surface area contributed by atoms with Crippen molar-refractivity contribution >= 4 is 11.8 Å². The molecule has 4 heteroatoms. The molecule has 1 aromatic carbocycles. The lowest BCUT2D eigenvalue weighted by Gasteiger charge is -2.28. The molecule has 0 bridgehead atoms. The molecule has 0 aromatic heterocycles. The summed E-state index contributed by atoms with van der Waals surface area (Å²) in [6.07, 6.45) is 1.10. The minimum Gasteiger partial charge on any atom is -0.379 e. The van der Waals surface area contributed by atoms with E-state index in [9.17, 15) is 0 Å². The fourth-order valence-electron chi connectivity index (χ4n) is 2.06. The van der Waals surface area contributed by atoms with Crippen molar-refractivity contribution in [2.45, 2.75) is 11.8 Å². The van der Waals surface area contributed by atoms with Crippen molar-refractivity contribution in [3.8, 4) is 0 Å². The topological polar surface area (TPSA) is 38.5 Å². The predicted molar refractivity (Wildman–Crippen MR) is 77.8 cm³/mol. The highest BCUT2D eigenvalue weighted by Gasteiger charge is 2.13. The highest BCUT2D eigenvalue weighted by atomic mass is 32.2. The van der Waals surface area contributed by atoms with Crippen LogP contribution >= 0.6 is 11.8 Å². The summed E-state index contributed by atoms with van der Waals surface area (Å²) >= 11 is 1.86. The van der Waals surface area contributed by atoms with Gasteiger partial charge >= 0.3 is 0 Å². The molecule has 2 N–H and O–H groups in total. The number of aryl methyl sites for hydroxylation is 1. The summed E-state index contributed by atoms with van der Waals surface area (Å²) in [6, 6.07) is 10.6. The van der Waals surface area contributed by atoms with Gasteiger partial charge in [-0.05, 0) is 17.7 Å². The summed E-state index contributed by atoms with van der Waals surface area (Å²) in [7, 11) is 0. The molecule has 18 heavy (non-hydrogen) atoms. The molecule has 0 unspecified atom stereocenters. The van der Waals surface area contributed by atoms with Gasteiger partial charge < -0.3 is 10.5 Å². The van der Waals surface area contributed by atoms with Crippen LogP contribution in [0.1, 0.15) is 5.56 Å². The zero-order chi connectivity index (χ0) is 12.6. The van der Waals surface area contributed by atoms with Crippen LogP contribution in [0.15, 0.2) is 30.3 Å². The number of benzene rings is 1. The highest BCUT2D eigenvalue weighted by molar-refractivity contribution is 7.99. The second-order valence-electron chi connectivity index (χ2n) is 4.56. The van der Waals surface area contributed by atoms with Gasteiger partial charge in [-0.15, -0.1) is 11.8 Å². The Balaban J connectivity index is 1.61. The van der Waals surface area contributed by atoms with Crippen molar-refractivity contribution in [1.29, 1.82) is 0 Å². The minimum absolute atomic E-state index is 0.215. The van der Waals surface area contributed by atoms with Gasteiger partial charge in [0.05, 0.1) is 18.6 Å². The van der Waals surface area contributed by atoms with Gasteiger partial charge in [-0.1, -0.05) is 30.3 Å². The van der Waals surface area contributed by atoms with Gasteiger partial charge in [-0.2, -0.15) is 0 Å². The summed E-state index contributed by atoms with van der Waals surface area (Å²) in [4.78, 5) is 2.39. The first-order valence-corrected chi connectivity index (χ1v) is 7.60. The van der Waals surface area contributed by atoms with Crippen molar-refractivity contribution < 1.29 is 4.74 Å². The standard InChI is InChI=1S/C14H22N2OS/c15-14(12-16-7-9-17-10-8-16)18-11-6-13-4-2-1-3-5-13/h1-5,14H,6-12,15H2/t14-/m1/s1. The largest absolute Gasteiger partial charge is 0.379 e. The Kier molecular flexibility index (Phi) is 6.00. The summed E-state index contributed by atoms with van der Waals surface area (Å²) in [5, 5.41) is 0.215. The van der Waals surface area contributed by atoms with E-state index in [1.54, 1.807) is 0 Å². The van der Waals surface area contributed by atoms with Gasteiger partial charge in [0.25, 0.3) is 0 Å². The summed E-state index contributed by atoms with van der Waals surface area (Å²) in [5.74, 6) is 1.09. The Morgan fingerprint density at radius 1 is 1.22 bits per heavy atom. The van der Waals surface area contributed by atoms with Crippen molar-refractivity contribution in [2.24, 2.45) is 5.73 Å². The summed E-state index contributed by atoms with van der Waals surface area (Å²) in [6.45, 7) is 4.71. The normalized spacial score (nSPS) is 18.7. The number of hydrogen-bond acceptors (Lipinski definition) is 4. The van der Waals surface area contributed by atoms with Crippen LogP contribution < -0.4 is 5.73 Å². The lowest BCUT2D eigenvalue weighted by atomic mass is 10.2. The van der Waals surface area contributed by atoms with E-state index in [4.69, 9.17) is 10.5 Å². The summed E-state index contributed by atoms with van der Waals surface area (Å²) in [5.41, 5.74) is 7.54. The molecule has 1 saturated heterocycles. The molecule has 1 aromatic rings. The molecule has 1 heterocycles. The average Bonchev–Trinajstić information content (AvgIpc) is 2.41. The monoisotopic (exact) mass is 266 g/mol. The Bertz CT molecular complexity index is 328. The van der Waals surface area contributed by atoms with Gasteiger partial charge in [-0.25, -0.2) is 0 Å². The van der Waals surface area contributed by atoms with Gasteiger partial charge in [0.1, 0.15) is 0 Å². The third-order valence-corrected chi connectivity index (χ3v) is 4.12. The first-order valence-electron chi connectivity index (χ1n) is 6.56. The average molecular weight is 266 g/mol. The molecule has 1 atom stereocenters. The van der Waals surface area contributed by atoms with Crippen LogP contribution in [0.4, 0.5) is 0 Å².